The Bertz CT molecular complexity index is 633. The third-order valence-corrected chi connectivity index (χ3v) is 5.25. The van der Waals surface area contributed by atoms with Gasteiger partial charge in [-0.05, 0) is 37.3 Å². The van der Waals surface area contributed by atoms with E-state index >= 15 is 0 Å². The number of amides is 2. The second-order valence-corrected chi connectivity index (χ2v) is 6.90. The second kappa shape index (κ2) is 5.64. The van der Waals surface area contributed by atoms with Gasteiger partial charge in [-0.15, -0.1) is 0 Å². The zero-order valence-corrected chi connectivity index (χ0v) is 13.2. The lowest BCUT2D eigenvalue weighted by Gasteiger charge is -2.44. The van der Waals surface area contributed by atoms with Gasteiger partial charge >= 0.3 is 0 Å². The minimum atomic E-state index is -0.409. The number of benzene rings is 1. The summed E-state index contributed by atoms with van der Waals surface area (Å²) in [7, 11) is 0. The summed E-state index contributed by atoms with van der Waals surface area (Å²) in [5, 5.41) is 3.07. The molecule has 1 N–H and O–H groups in total. The van der Waals surface area contributed by atoms with Gasteiger partial charge in [-0.1, -0.05) is 18.2 Å². The lowest BCUT2D eigenvalue weighted by Crippen LogP contribution is -2.54. The first-order chi connectivity index (χ1) is 11.2. The molecule has 1 saturated carbocycles. The van der Waals surface area contributed by atoms with E-state index in [9.17, 15) is 9.59 Å². The van der Waals surface area contributed by atoms with Crippen molar-refractivity contribution in [2.45, 2.75) is 50.2 Å². The van der Waals surface area contributed by atoms with E-state index in [-0.39, 0.29) is 11.8 Å². The summed E-state index contributed by atoms with van der Waals surface area (Å²) in [5.41, 5.74) is 1.43. The van der Waals surface area contributed by atoms with E-state index in [4.69, 9.17) is 4.74 Å². The van der Waals surface area contributed by atoms with Crippen molar-refractivity contribution in [1.29, 1.82) is 0 Å². The summed E-state index contributed by atoms with van der Waals surface area (Å²) in [4.78, 5) is 27.2. The van der Waals surface area contributed by atoms with Crippen molar-refractivity contribution in [2.75, 3.05) is 13.2 Å². The molecule has 5 heteroatoms. The van der Waals surface area contributed by atoms with Crippen LogP contribution >= 0.6 is 0 Å². The number of ether oxygens (including phenoxy) is 1. The third-order valence-electron chi connectivity index (χ3n) is 5.25. The largest absolute Gasteiger partial charge is 0.381 e. The molecule has 0 unspecified atom stereocenters. The van der Waals surface area contributed by atoms with Crippen LogP contribution in [0.25, 0.3) is 0 Å². The van der Waals surface area contributed by atoms with Crippen LogP contribution in [0, 0.1) is 0 Å². The summed E-state index contributed by atoms with van der Waals surface area (Å²) in [6.45, 7) is 1.82. The van der Waals surface area contributed by atoms with E-state index < -0.39 is 5.54 Å². The van der Waals surface area contributed by atoms with Crippen LogP contribution in [-0.4, -0.2) is 41.5 Å². The van der Waals surface area contributed by atoms with Gasteiger partial charge in [0.1, 0.15) is 0 Å². The number of nitrogens with one attached hydrogen (secondary N) is 1. The second-order valence-electron chi connectivity index (χ2n) is 6.90. The number of carbonyl (C=O) groups excluding carboxylic acids is 2. The van der Waals surface area contributed by atoms with Crippen LogP contribution in [0.2, 0.25) is 0 Å². The monoisotopic (exact) mass is 314 g/mol. The van der Waals surface area contributed by atoms with Crippen molar-refractivity contribution < 1.29 is 14.3 Å². The minimum Gasteiger partial charge on any atom is -0.381 e. The molecule has 1 aromatic rings. The van der Waals surface area contributed by atoms with E-state index in [0.717, 1.165) is 36.8 Å². The number of carbonyl (C=O) groups is 2. The van der Waals surface area contributed by atoms with E-state index in [1.807, 2.05) is 29.2 Å². The molecule has 2 heterocycles. The molecule has 0 aromatic heterocycles. The first-order valence-electron chi connectivity index (χ1n) is 8.45. The van der Waals surface area contributed by atoms with E-state index in [1.54, 1.807) is 0 Å². The van der Waals surface area contributed by atoms with E-state index in [0.29, 0.717) is 32.2 Å². The van der Waals surface area contributed by atoms with Gasteiger partial charge < -0.3 is 15.0 Å². The molecule has 2 fully saturated rings. The fourth-order valence-electron chi connectivity index (χ4n) is 3.74. The Hall–Kier alpha value is -1.88. The van der Waals surface area contributed by atoms with Gasteiger partial charge in [0.15, 0.2) is 0 Å². The number of rotatable bonds is 4. The molecule has 2 amide bonds. The average Bonchev–Trinajstić information content (AvgIpc) is 3.30. The minimum absolute atomic E-state index is 0.0571. The smallest absolute Gasteiger partial charge is 0.254 e. The molecule has 0 radical (unpaired) electrons. The van der Waals surface area contributed by atoms with Crippen molar-refractivity contribution in [3.05, 3.63) is 35.4 Å². The molecule has 1 aliphatic carbocycles. The Labute approximate surface area is 136 Å². The lowest BCUT2D eigenvalue weighted by atomic mass is 9.84. The Kier molecular flexibility index (Phi) is 3.60. The molecule has 5 nitrogen and oxygen atoms in total. The Morgan fingerprint density at radius 2 is 2.00 bits per heavy atom. The predicted molar refractivity (Wildman–Crippen MR) is 84.9 cm³/mol. The fourth-order valence-corrected chi connectivity index (χ4v) is 3.74. The molecular weight excluding hydrogens is 292 g/mol. The van der Waals surface area contributed by atoms with Gasteiger partial charge in [0, 0.05) is 31.4 Å². The number of hydrogen-bond donors (Lipinski definition) is 1. The molecule has 1 aromatic carbocycles. The highest BCUT2D eigenvalue weighted by Gasteiger charge is 2.46. The van der Waals surface area contributed by atoms with Gasteiger partial charge in [-0.25, -0.2) is 0 Å². The van der Waals surface area contributed by atoms with Gasteiger partial charge in [0.2, 0.25) is 5.91 Å². The highest BCUT2D eigenvalue weighted by atomic mass is 16.5. The van der Waals surface area contributed by atoms with Crippen molar-refractivity contribution in [1.82, 2.24) is 10.2 Å². The Balaban J connectivity index is 1.58. The van der Waals surface area contributed by atoms with Crippen LogP contribution in [-0.2, 0) is 16.1 Å². The van der Waals surface area contributed by atoms with Crippen LogP contribution in [0.1, 0.15) is 48.0 Å². The summed E-state index contributed by atoms with van der Waals surface area (Å²) in [5.74, 6) is 0.125. The van der Waals surface area contributed by atoms with Crippen molar-refractivity contribution in [2.24, 2.45) is 0 Å². The maximum atomic E-state index is 12.9. The maximum absolute atomic E-state index is 12.9. The fraction of sp³-hybridized carbons (Fsp3) is 0.556. The standard InChI is InChI=1S/C18H22N2O3/c21-16(19-14-5-6-14)11-18(7-9-23-10-8-18)20-12-13-3-1-2-4-15(13)17(20)22/h1-4,14H,5-12H2,(H,19,21). The average molecular weight is 314 g/mol. The summed E-state index contributed by atoms with van der Waals surface area (Å²) in [6, 6.07) is 8.10. The van der Waals surface area contributed by atoms with E-state index in [2.05, 4.69) is 5.32 Å². The van der Waals surface area contributed by atoms with Gasteiger partial charge in [-0.3, -0.25) is 9.59 Å². The third kappa shape index (κ3) is 2.74. The Morgan fingerprint density at radius 1 is 1.26 bits per heavy atom. The molecule has 0 atom stereocenters. The van der Waals surface area contributed by atoms with Crippen LogP contribution in [0.3, 0.4) is 0 Å². The zero-order chi connectivity index (χ0) is 15.9. The van der Waals surface area contributed by atoms with Crippen LogP contribution in [0.5, 0.6) is 0 Å². The molecule has 122 valence electrons. The molecule has 1 saturated heterocycles. The van der Waals surface area contributed by atoms with Gasteiger partial charge in [0.25, 0.3) is 5.91 Å². The van der Waals surface area contributed by atoms with Crippen LogP contribution in [0.15, 0.2) is 24.3 Å². The molecule has 2 aliphatic heterocycles. The molecule has 0 spiro atoms. The maximum Gasteiger partial charge on any atom is 0.254 e. The zero-order valence-electron chi connectivity index (χ0n) is 13.2. The van der Waals surface area contributed by atoms with E-state index in [1.165, 1.54) is 0 Å². The normalized spacial score (nSPS) is 22.8. The quantitative estimate of drug-likeness (QED) is 0.923. The van der Waals surface area contributed by atoms with Gasteiger partial charge in [-0.2, -0.15) is 0 Å². The first kappa shape index (κ1) is 14.7. The van der Waals surface area contributed by atoms with Crippen LogP contribution in [0.4, 0.5) is 0 Å². The number of hydrogen-bond acceptors (Lipinski definition) is 3. The van der Waals surface area contributed by atoms with Crippen LogP contribution < -0.4 is 5.32 Å². The first-order valence-corrected chi connectivity index (χ1v) is 8.45. The lowest BCUT2D eigenvalue weighted by molar-refractivity contribution is -0.125. The summed E-state index contributed by atoms with van der Waals surface area (Å²) >= 11 is 0. The highest BCUT2D eigenvalue weighted by molar-refractivity contribution is 5.99. The topological polar surface area (TPSA) is 58.6 Å². The van der Waals surface area contributed by atoms with Crippen molar-refractivity contribution >= 4 is 11.8 Å². The number of fused-ring (bicyclic) bond motifs is 1. The predicted octanol–water partition coefficient (Wildman–Crippen LogP) is 1.86. The molecule has 23 heavy (non-hydrogen) atoms. The van der Waals surface area contributed by atoms with Crippen molar-refractivity contribution in [3.8, 4) is 0 Å². The number of nitrogens with zero attached hydrogens (tertiary/aromatic N) is 1. The molecule has 0 bridgehead atoms. The summed E-state index contributed by atoms with van der Waals surface area (Å²) < 4.78 is 5.50. The SMILES string of the molecule is O=C(CC1(N2Cc3ccccc3C2=O)CCOCC1)NC1CC1. The van der Waals surface area contributed by atoms with Crippen molar-refractivity contribution in [3.63, 3.8) is 0 Å². The Morgan fingerprint density at radius 3 is 2.70 bits per heavy atom. The van der Waals surface area contributed by atoms with Gasteiger partial charge in [0.05, 0.1) is 12.0 Å². The summed E-state index contributed by atoms with van der Waals surface area (Å²) in [6.07, 6.45) is 3.99. The highest BCUT2D eigenvalue weighted by Crippen LogP contribution is 2.38. The molecule has 3 aliphatic rings. The molecular formula is C18H22N2O3. The molecule has 4 rings (SSSR count).